The first-order valence-electron chi connectivity index (χ1n) is 9.90. The molecule has 5 heteroatoms. The summed E-state index contributed by atoms with van der Waals surface area (Å²) in [7, 11) is 0. The molecule has 2 N–H and O–H groups in total. The number of nitrogens with one attached hydrogen (secondary N) is 2. The zero-order chi connectivity index (χ0) is 18.6. The van der Waals surface area contributed by atoms with Gasteiger partial charge in [-0.05, 0) is 54.7 Å². The number of carbonyl (C=O) groups excluding carboxylic acids is 1. The summed E-state index contributed by atoms with van der Waals surface area (Å²) in [5.74, 6) is -0.0640. The van der Waals surface area contributed by atoms with E-state index in [1.807, 2.05) is 12.1 Å². The maximum atomic E-state index is 13.1. The molecule has 0 spiro atoms. The molecule has 142 valence electrons. The monoisotopic (exact) mass is 368 g/mol. The molecule has 4 nitrogen and oxygen atoms in total. The molecule has 1 aliphatic heterocycles. The van der Waals surface area contributed by atoms with Gasteiger partial charge in [-0.15, -0.1) is 0 Å². The molecule has 1 fully saturated rings. The number of halogens is 1. The van der Waals surface area contributed by atoms with E-state index in [0.29, 0.717) is 6.54 Å². The Balaban J connectivity index is 1.28. The zero-order valence-electron chi connectivity index (χ0n) is 15.6. The van der Waals surface area contributed by atoms with Crippen molar-refractivity contribution >= 4 is 11.6 Å². The molecule has 27 heavy (non-hydrogen) atoms. The molecular weight excluding hydrogens is 341 g/mol. The van der Waals surface area contributed by atoms with Crippen LogP contribution in [0.3, 0.4) is 0 Å². The highest BCUT2D eigenvalue weighted by Crippen LogP contribution is 2.29. The molecular formula is C22H27FN3O+. The van der Waals surface area contributed by atoms with Crippen molar-refractivity contribution in [2.24, 2.45) is 0 Å². The molecule has 0 bridgehead atoms. The van der Waals surface area contributed by atoms with Gasteiger partial charge in [0.15, 0.2) is 6.54 Å². The third-order valence-corrected chi connectivity index (χ3v) is 5.78. The highest BCUT2D eigenvalue weighted by molar-refractivity contribution is 5.77. The topological polar surface area (TPSA) is 36.8 Å². The van der Waals surface area contributed by atoms with Crippen LogP contribution in [0.25, 0.3) is 0 Å². The van der Waals surface area contributed by atoms with Gasteiger partial charge in [0.05, 0.1) is 32.2 Å². The molecule has 2 aliphatic rings. The maximum absolute atomic E-state index is 13.1. The molecule has 1 atom stereocenters. The van der Waals surface area contributed by atoms with E-state index in [2.05, 4.69) is 34.5 Å². The van der Waals surface area contributed by atoms with Crippen molar-refractivity contribution in [3.63, 3.8) is 0 Å². The second-order valence-electron chi connectivity index (χ2n) is 7.60. The fraction of sp³-hybridized carbons (Fsp3) is 0.409. The Kier molecular flexibility index (Phi) is 5.39. The van der Waals surface area contributed by atoms with Crippen LogP contribution in [0.4, 0.5) is 10.1 Å². The normalized spacial score (nSPS) is 20.2. The van der Waals surface area contributed by atoms with Crippen molar-refractivity contribution in [1.29, 1.82) is 0 Å². The Bertz CT molecular complexity index is 784. The minimum Gasteiger partial charge on any atom is -0.360 e. The van der Waals surface area contributed by atoms with Crippen molar-refractivity contribution in [2.75, 3.05) is 37.6 Å². The predicted octanol–water partition coefficient (Wildman–Crippen LogP) is 1.72. The molecule has 1 heterocycles. The van der Waals surface area contributed by atoms with E-state index in [4.69, 9.17) is 0 Å². The van der Waals surface area contributed by atoms with Gasteiger partial charge in [-0.1, -0.05) is 24.3 Å². The summed E-state index contributed by atoms with van der Waals surface area (Å²) in [4.78, 5) is 16.2. The van der Waals surface area contributed by atoms with Crippen molar-refractivity contribution in [3.05, 3.63) is 65.5 Å². The number of rotatable bonds is 4. The molecule has 2 aromatic carbocycles. The number of quaternary nitrogens is 1. The lowest BCUT2D eigenvalue weighted by molar-refractivity contribution is -0.892. The molecule has 1 amide bonds. The van der Waals surface area contributed by atoms with Gasteiger partial charge in [0, 0.05) is 5.69 Å². The first kappa shape index (κ1) is 18.0. The van der Waals surface area contributed by atoms with Crippen LogP contribution >= 0.6 is 0 Å². The Hall–Kier alpha value is -2.40. The number of carbonyl (C=O) groups is 1. The van der Waals surface area contributed by atoms with Gasteiger partial charge in [-0.3, -0.25) is 4.79 Å². The predicted molar refractivity (Wildman–Crippen MR) is 104 cm³/mol. The van der Waals surface area contributed by atoms with Crippen LogP contribution in [-0.2, 0) is 11.2 Å². The number of fused-ring (bicyclic) bond motifs is 1. The average molecular weight is 368 g/mol. The summed E-state index contributed by atoms with van der Waals surface area (Å²) in [5.41, 5.74) is 3.71. The lowest BCUT2D eigenvalue weighted by Crippen LogP contribution is -3.16. The highest BCUT2D eigenvalue weighted by atomic mass is 19.1. The van der Waals surface area contributed by atoms with E-state index >= 15 is 0 Å². The van der Waals surface area contributed by atoms with E-state index < -0.39 is 0 Å². The fourth-order valence-electron chi connectivity index (χ4n) is 4.29. The highest BCUT2D eigenvalue weighted by Gasteiger charge is 2.25. The minimum atomic E-state index is -0.205. The van der Waals surface area contributed by atoms with Crippen LogP contribution in [0.5, 0.6) is 0 Å². The smallest absolute Gasteiger partial charge is 0.275 e. The van der Waals surface area contributed by atoms with Gasteiger partial charge in [-0.2, -0.15) is 0 Å². The van der Waals surface area contributed by atoms with Crippen LogP contribution < -0.4 is 15.1 Å². The lowest BCUT2D eigenvalue weighted by atomic mass is 9.88. The van der Waals surface area contributed by atoms with Crippen LogP contribution in [-0.4, -0.2) is 38.6 Å². The molecule has 2 aromatic rings. The fourth-order valence-corrected chi connectivity index (χ4v) is 4.29. The minimum absolute atomic E-state index is 0.141. The summed E-state index contributed by atoms with van der Waals surface area (Å²) in [5, 5.41) is 3.26. The van der Waals surface area contributed by atoms with Crippen molar-refractivity contribution in [2.45, 2.75) is 25.3 Å². The molecule has 4 rings (SSSR count). The molecule has 1 saturated heterocycles. The number of benzene rings is 2. The average Bonchev–Trinajstić information content (AvgIpc) is 2.69. The molecule has 0 radical (unpaired) electrons. The lowest BCUT2D eigenvalue weighted by Gasteiger charge is -2.34. The number of nitrogens with zero attached hydrogens (tertiary/aromatic N) is 1. The van der Waals surface area contributed by atoms with E-state index in [-0.39, 0.29) is 17.8 Å². The SMILES string of the molecule is O=C(C[NH+]1CCN(c2ccc(F)cc2)CC1)N[C@@H]1CCCc2ccccc21. The standard InChI is InChI=1S/C22H26FN3O/c23-18-8-10-19(11-9-18)26-14-12-25(13-15-26)16-22(27)24-21-7-3-5-17-4-1-2-6-20(17)21/h1-2,4,6,8-11,21H,3,5,7,12-16H2,(H,24,27)/p+1/t21-/m1/s1. The van der Waals surface area contributed by atoms with E-state index in [1.54, 1.807) is 0 Å². The van der Waals surface area contributed by atoms with Gasteiger partial charge in [0.25, 0.3) is 5.91 Å². The van der Waals surface area contributed by atoms with Gasteiger partial charge < -0.3 is 15.1 Å². The first-order chi connectivity index (χ1) is 13.2. The van der Waals surface area contributed by atoms with Gasteiger partial charge in [0.2, 0.25) is 0 Å². The summed E-state index contributed by atoms with van der Waals surface area (Å²) >= 11 is 0. The Morgan fingerprint density at radius 3 is 2.63 bits per heavy atom. The molecule has 0 unspecified atom stereocenters. The van der Waals surface area contributed by atoms with Crippen LogP contribution in [0.15, 0.2) is 48.5 Å². The summed E-state index contributed by atoms with van der Waals surface area (Å²) in [6, 6.07) is 15.3. The molecule has 0 aromatic heterocycles. The Morgan fingerprint density at radius 1 is 1.11 bits per heavy atom. The molecule has 1 aliphatic carbocycles. The summed E-state index contributed by atoms with van der Waals surface area (Å²) in [6.45, 7) is 4.15. The number of aryl methyl sites for hydroxylation is 1. The van der Waals surface area contributed by atoms with Crippen molar-refractivity contribution < 1.29 is 14.1 Å². The van der Waals surface area contributed by atoms with E-state index in [0.717, 1.165) is 51.1 Å². The quantitative estimate of drug-likeness (QED) is 0.862. The number of hydrogen-bond donors (Lipinski definition) is 2. The maximum Gasteiger partial charge on any atom is 0.275 e. The van der Waals surface area contributed by atoms with E-state index in [9.17, 15) is 9.18 Å². The van der Waals surface area contributed by atoms with Crippen molar-refractivity contribution in [1.82, 2.24) is 5.32 Å². The second kappa shape index (κ2) is 8.09. The van der Waals surface area contributed by atoms with Gasteiger partial charge in [-0.25, -0.2) is 4.39 Å². The third-order valence-electron chi connectivity index (χ3n) is 5.78. The summed E-state index contributed by atoms with van der Waals surface area (Å²) in [6.07, 6.45) is 3.26. The molecule has 0 saturated carbocycles. The van der Waals surface area contributed by atoms with Gasteiger partial charge in [0.1, 0.15) is 5.82 Å². The van der Waals surface area contributed by atoms with Gasteiger partial charge >= 0.3 is 0 Å². The number of anilines is 1. The Morgan fingerprint density at radius 2 is 1.85 bits per heavy atom. The van der Waals surface area contributed by atoms with Crippen molar-refractivity contribution in [3.8, 4) is 0 Å². The van der Waals surface area contributed by atoms with E-state index in [1.165, 1.54) is 28.2 Å². The number of hydrogen-bond acceptors (Lipinski definition) is 2. The van der Waals surface area contributed by atoms with Crippen LogP contribution in [0.2, 0.25) is 0 Å². The zero-order valence-corrected chi connectivity index (χ0v) is 15.6. The largest absolute Gasteiger partial charge is 0.360 e. The Labute approximate surface area is 160 Å². The van der Waals surface area contributed by atoms with Crippen LogP contribution in [0, 0.1) is 5.82 Å². The van der Waals surface area contributed by atoms with Crippen LogP contribution in [0.1, 0.15) is 30.0 Å². The summed E-state index contributed by atoms with van der Waals surface area (Å²) < 4.78 is 13.1. The second-order valence-corrected chi connectivity index (χ2v) is 7.60. The third kappa shape index (κ3) is 4.30. The number of piperazine rings is 1. The number of amides is 1. The first-order valence-corrected chi connectivity index (χ1v) is 9.90.